The Kier molecular flexibility index (Phi) is 6.08. The molecular weight excluding hydrogens is 534 g/mol. The molecule has 0 amide bonds. The van der Waals surface area contributed by atoms with Crippen molar-refractivity contribution in [2.24, 2.45) is 0 Å². The summed E-state index contributed by atoms with van der Waals surface area (Å²) in [6.45, 7) is 4.14. The minimum Gasteiger partial charge on any atom is -0.389 e. The summed E-state index contributed by atoms with van der Waals surface area (Å²) in [5, 5.41) is 10.8. The van der Waals surface area contributed by atoms with Gasteiger partial charge in [-0.3, -0.25) is 9.88 Å². The molecule has 2 N–H and O–H groups in total. The molecule has 9 nitrogen and oxygen atoms in total. The SMILES string of the molecule is CN(C)[C@H]1CCN([C@H]2CCN(c3ncc4c5c(c(-c6ncc(F)c7sc(N)c(C#N)c67)c(F)c4n3)COC5)C2)C1. The van der Waals surface area contributed by atoms with E-state index >= 15 is 4.39 Å². The maximum Gasteiger partial charge on any atom is 0.226 e. The number of nitriles is 1. The third-order valence-electron chi connectivity index (χ3n) is 8.62. The van der Waals surface area contributed by atoms with Crippen molar-refractivity contribution >= 4 is 43.3 Å². The number of halogens is 2. The van der Waals surface area contributed by atoms with Gasteiger partial charge >= 0.3 is 0 Å². The van der Waals surface area contributed by atoms with Crippen LogP contribution in [0, 0.1) is 23.0 Å². The third-order valence-corrected chi connectivity index (χ3v) is 9.65. The maximum absolute atomic E-state index is 16.6. The number of anilines is 2. The lowest BCUT2D eigenvalue weighted by atomic mass is 9.94. The van der Waals surface area contributed by atoms with E-state index in [0.717, 1.165) is 62.1 Å². The van der Waals surface area contributed by atoms with Gasteiger partial charge in [0.2, 0.25) is 5.95 Å². The van der Waals surface area contributed by atoms with Gasteiger partial charge in [0.05, 0.1) is 35.4 Å². The molecule has 7 rings (SSSR count). The zero-order valence-electron chi connectivity index (χ0n) is 22.2. The number of likely N-dealkylation sites (tertiary alicyclic amines) is 1. The molecule has 6 heterocycles. The molecule has 0 unspecified atom stereocenters. The van der Waals surface area contributed by atoms with E-state index in [2.05, 4.69) is 38.8 Å². The Balaban J connectivity index is 1.32. The van der Waals surface area contributed by atoms with Crippen LogP contribution in [-0.4, -0.2) is 77.1 Å². The lowest BCUT2D eigenvalue weighted by Gasteiger charge is -2.25. The van der Waals surface area contributed by atoms with Crippen LogP contribution in [0.4, 0.5) is 19.7 Å². The number of likely N-dealkylation sites (N-methyl/N-ethyl adjacent to an activating group) is 1. The van der Waals surface area contributed by atoms with Gasteiger partial charge in [-0.05, 0) is 38.1 Å². The molecule has 2 atom stereocenters. The number of nitrogen functional groups attached to an aromatic ring is 1. The summed E-state index contributed by atoms with van der Waals surface area (Å²) in [5.41, 5.74) is 8.05. The second-order valence-electron chi connectivity index (χ2n) is 11.0. The summed E-state index contributed by atoms with van der Waals surface area (Å²) in [6, 6.07) is 3.02. The summed E-state index contributed by atoms with van der Waals surface area (Å²) < 4.78 is 37.2. The molecule has 3 aromatic heterocycles. The predicted octanol–water partition coefficient (Wildman–Crippen LogP) is 3.88. The minimum atomic E-state index is -0.603. The van der Waals surface area contributed by atoms with Crippen molar-refractivity contribution in [1.29, 1.82) is 5.26 Å². The van der Waals surface area contributed by atoms with Crippen LogP contribution in [0.2, 0.25) is 0 Å². The number of thiophene rings is 1. The van der Waals surface area contributed by atoms with Gasteiger partial charge in [0.1, 0.15) is 16.6 Å². The summed E-state index contributed by atoms with van der Waals surface area (Å²) in [6.07, 6.45) is 4.89. The first-order valence-electron chi connectivity index (χ1n) is 13.4. The monoisotopic (exact) mass is 562 g/mol. The van der Waals surface area contributed by atoms with E-state index in [-0.39, 0.29) is 50.6 Å². The fourth-order valence-electron chi connectivity index (χ4n) is 6.43. The number of hydrogen-bond donors (Lipinski definition) is 1. The first kappa shape index (κ1) is 25.5. The quantitative estimate of drug-likeness (QED) is 0.396. The molecule has 2 saturated heterocycles. The summed E-state index contributed by atoms with van der Waals surface area (Å²) >= 11 is 0.961. The average Bonchev–Trinajstić information content (AvgIpc) is 3.75. The van der Waals surface area contributed by atoms with E-state index in [1.807, 2.05) is 6.07 Å². The first-order valence-corrected chi connectivity index (χ1v) is 14.2. The fourth-order valence-corrected chi connectivity index (χ4v) is 7.35. The second-order valence-corrected chi connectivity index (χ2v) is 12.0. The van der Waals surface area contributed by atoms with Gasteiger partial charge in [-0.25, -0.2) is 18.7 Å². The van der Waals surface area contributed by atoms with E-state index in [1.165, 1.54) is 0 Å². The van der Waals surface area contributed by atoms with Crippen LogP contribution in [0.15, 0.2) is 12.4 Å². The van der Waals surface area contributed by atoms with Crippen molar-refractivity contribution in [3.63, 3.8) is 0 Å². The molecule has 0 spiro atoms. The minimum absolute atomic E-state index is 0.0964. The molecule has 3 aliphatic rings. The van der Waals surface area contributed by atoms with Crippen LogP contribution in [-0.2, 0) is 18.0 Å². The molecule has 0 bridgehead atoms. The number of hydrogen-bond acceptors (Lipinski definition) is 10. The number of ether oxygens (including phenoxy) is 1. The van der Waals surface area contributed by atoms with Crippen molar-refractivity contribution < 1.29 is 13.5 Å². The van der Waals surface area contributed by atoms with E-state index in [0.29, 0.717) is 29.0 Å². The normalized spacial score (nSPS) is 21.2. The Bertz CT molecular complexity index is 1720. The lowest BCUT2D eigenvalue weighted by molar-refractivity contribution is 0.135. The van der Waals surface area contributed by atoms with Crippen LogP contribution in [0.25, 0.3) is 32.2 Å². The Morgan fingerprint density at radius 1 is 1.12 bits per heavy atom. The number of aromatic nitrogens is 3. The van der Waals surface area contributed by atoms with Crippen molar-refractivity contribution in [3.8, 4) is 17.3 Å². The summed E-state index contributed by atoms with van der Waals surface area (Å²) in [5.74, 6) is -0.702. The number of fused-ring (bicyclic) bond motifs is 4. The van der Waals surface area contributed by atoms with E-state index < -0.39 is 11.6 Å². The number of nitrogens with two attached hydrogens (primary N) is 1. The maximum atomic E-state index is 16.6. The molecule has 0 saturated carbocycles. The summed E-state index contributed by atoms with van der Waals surface area (Å²) in [4.78, 5) is 20.6. The van der Waals surface area contributed by atoms with Gasteiger partial charge < -0.3 is 20.3 Å². The van der Waals surface area contributed by atoms with Gasteiger partial charge in [-0.15, -0.1) is 11.3 Å². The van der Waals surface area contributed by atoms with Gasteiger partial charge in [-0.1, -0.05) is 0 Å². The van der Waals surface area contributed by atoms with Crippen LogP contribution in [0.5, 0.6) is 0 Å². The first-order chi connectivity index (χ1) is 19.4. The molecule has 4 aromatic rings. The van der Waals surface area contributed by atoms with Crippen LogP contribution in [0.1, 0.15) is 29.5 Å². The average molecular weight is 563 g/mol. The summed E-state index contributed by atoms with van der Waals surface area (Å²) in [7, 11) is 4.26. The number of pyridine rings is 1. The highest BCUT2D eigenvalue weighted by Crippen LogP contribution is 2.45. The largest absolute Gasteiger partial charge is 0.389 e. The van der Waals surface area contributed by atoms with Gasteiger partial charge in [0, 0.05) is 60.8 Å². The van der Waals surface area contributed by atoms with E-state index in [4.69, 9.17) is 15.5 Å². The van der Waals surface area contributed by atoms with Gasteiger partial charge in [0.15, 0.2) is 11.6 Å². The van der Waals surface area contributed by atoms with Crippen LogP contribution in [0.3, 0.4) is 0 Å². The highest BCUT2D eigenvalue weighted by molar-refractivity contribution is 7.23. The fraction of sp³-hybridized carbons (Fsp3) is 0.429. The van der Waals surface area contributed by atoms with Crippen molar-refractivity contribution in [2.75, 3.05) is 50.9 Å². The Morgan fingerprint density at radius 3 is 2.73 bits per heavy atom. The highest BCUT2D eigenvalue weighted by atomic mass is 32.1. The molecule has 3 aliphatic heterocycles. The zero-order valence-corrected chi connectivity index (χ0v) is 23.1. The van der Waals surface area contributed by atoms with Crippen LogP contribution >= 0.6 is 11.3 Å². The van der Waals surface area contributed by atoms with Gasteiger partial charge in [-0.2, -0.15) is 5.26 Å². The van der Waals surface area contributed by atoms with Crippen molar-refractivity contribution in [3.05, 3.63) is 40.7 Å². The van der Waals surface area contributed by atoms with E-state index in [1.54, 1.807) is 6.20 Å². The standard InChI is InChI=1S/C28H28F2N8OS/c1-36(2)14-3-5-37(10-14)15-4-6-38(11-15)28-34-8-17-18-12-39-13-19(18)21(23(30)24(17)35-28)25-22-16(7-31)27(32)40-26(22)20(29)9-33-25/h8-9,14-15H,3-6,10-13,32H2,1-2H3/t14-,15-/m0/s1. The van der Waals surface area contributed by atoms with Crippen LogP contribution < -0.4 is 10.6 Å². The smallest absolute Gasteiger partial charge is 0.226 e. The van der Waals surface area contributed by atoms with Gasteiger partial charge in [0.25, 0.3) is 0 Å². The molecule has 0 radical (unpaired) electrons. The molecule has 12 heteroatoms. The zero-order chi connectivity index (χ0) is 27.7. The predicted molar refractivity (Wildman–Crippen MR) is 150 cm³/mol. The Hall–Kier alpha value is -3.50. The molecule has 40 heavy (non-hydrogen) atoms. The Morgan fingerprint density at radius 2 is 1.95 bits per heavy atom. The number of rotatable bonds is 4. The molecule has 206 valence electrons. The number of benzene rings is 1. The second kappa shape index (κ2) is 9.55. The highest BCUT2D eigenvalue weighted by Gasteiger charge is 2.35. The number of nitrogens with zero attached hydrogens (tertiary/aromatic N) is 7. The molecule has 0 aliphatic carbocycles. The molecular formula is C28H28F2N8OS. The third kappa shape index (κ3) is 3.83. The van der Waals surface area contributed by atoms with E-state index in [9.17, 15) is 9.65 Å². The van der Waals surface area contributed by atoms with Crippen molar-refractivity contribution in [1.82, 2.24) is 24.8 Å². The molecule has 1 aromatic carbocycles. The Labute approximate surface area is 233 Å². The van der Waals surface area contributed by atoms with Crippen molar-refractivity contribution in [2.45, 2.75) is 38.1 Å². The molecule has 2 fully saturated rings. The lowest BCUT2D eigenvalue weighted by Crippen LogP contribution is -2.39. The topological polar surface area (TPSA) is 107 Å².